The summed E-state index contributed by atoms with van der Waals surface area (Å²) >= 11 is 0. The smallest absolute Gasteiger partial charge is 0.313 e. The average molecular weight is 386 g/mol. The van der Waals surface area contributed by atoms with Crippen LogP contribution in [-0.4, -0.2) is 52.2 Å². The summed E-state index contributed by atoms with van der Waals surface area (Å²) in [6.07, 6.45) is 1.45. The maximum absolute atomic E-state index is 12.5. The Balaban J connectivity index is 1.53. The summed E-state index contributed by atoms with van der Waals surface area (Å²) in [6.45, 7) is 4.57. The highest BCUT2D eigenvalue weighted by Gasteiger charge is 2.25. The molecule has 2 aromatic carbocycles. The predicted octanol–water partition coefficient (Wildman–Crippen LogP) is 3.94. The van der Waals surface area contributed by atoms with Crippen LogP contribution in [0.25, 0.3) is 10.8 Å². The molecule has 2 unspecified atom stereocenters. The van der Waals surface area contributed by atoms with Crippen LogP contribution in [0.4, 0.5) is 0 Å². The molecule has 2 aromatic rings. The first-order valence-electron chi connectivity index (χ1n) is 10.0. The molecule has 1 fully saturated rings. The predicted molar refractivity (Wildman–Crippen MR) is 108 cm³/mol. The number of esters is 1. The van der Waals surface area contributed by atoms with Crippen molar-refractivity contribution in [3.63, 3.8) is 0 Å². The van der Waals surface area contributed by atoms with Gasteiger partial charge in [0.25, 0.3) is 0 Å². The van der Waals surface area contributed by atoms with Crippen molar-refractivity contribution in [2.75, 3.05) is 40.1 Å². The number of rotatable bonds is 9. The first-order valence-corrected chi connectivity index (χ1v) is 10.0. The van der Waals surface area contributed by atoms with Gasteiger partial charge in [-0.25, -0.2) is 0 Å². The molecule has 5 nitrogen and oxygen atoms in total. The SMILES string of the molecule is COCC(COCC(C)c1cccc2ccccc12)C(=O)OC1CCOCC1. The Bertz CT molecular complexity index is 748. The minimum Gasteiger partial charge on any atom is -0.462 e. The van der Waals surface area contributed by atoms with E-state index in [-0.39, 0.29) is 18.0 Å². The number of carbonyl (C=O) groups excluding carboxylic acids is 1. The van der Waals surface area contributed by atoms with E-state index in [1.807, 2.05) is 6.07 Å². The van der Waals surface area contributed by atoms with E-state index < -0.39 is 5.92 Å². The van der Waals surface area contributed by atoms with E-state index in [0.717, 1.165) is 12.8 Å². The first kappa shape index (κ1) is 20.8. The number of hydrogen-bond acceptors (Lipinski definition) is 5. The summed E-state index contributed by atoms with van der Waals surface area (Å²) in [5, 5.41) is 2.47. The normalized spacial score (nSPS) is 17.4. The quantitative estimate of drug-likeness (QED) is 0.611. The molecule has 0 spiro atoms. The molecule has 152 valence electrons. The van der Waals surface area contributed by atoms with Crippen molar-refractivity contribution in [1.29, 1.82) is 0 Å². The molecule has 3 rings (SSSR count). The molecule has 0 aliphatic carbocycles. The second-order valence-corrected chi connectivity index (χ2v) is 7.41. The third kappa shape index (κ3) is 5.53. The Morgan fingerprint density at radius 1 is 1.07 bits per heavy atom. The van der Waals surface area contributed by atoms with Gasteiger partial charge >= 0.3 is 5.97 Å². The molecule has 5 heteroatoms. The Morgan fingerprint density at radius 3 is 2.61 bits per heavy atom. The van der Waals surface area contributed by atoms with Gasteiger partial charge in [0, 0.05) is 25.9 Å². The van der Waals surface area contributed by atoms with Crippen molar-refractivity contribution >= 4 is 16.7 Å². The molecule has 0 amide bonds. The fraction of sp³-hybridized carbons (Fsp3) is 0.522. The van der Waals surface area contributed by atoms with Crippen molar-refractivity contribution < 1.29 is 23.7 Å². The van der Waals surface area contributed by atoms with Gasteiger partial charge in [-0.2, -0.15) is 0 Å². The van der Waals surface area contributed by atoms with Crippen LogP contribution in [0.2, 0.25) is 0 Å². The van der Waals surface area contributed by atoms with E-state index in [2.05, 4.69) is 43.3 Å². The van der Waals surface area contributed by atoms with Crippen LogP contribution in [0.1, 0.15) is 31.2 Å². The number of methoxy groups -OCH3 is 1. The van der Waals surface area contributed by atoms with E-state index in [1.165, 1.54) is 16.3 Å². The summed E-state index contributed by atoms with van der Waals surface area (Å²) in [4.78, 5) is 12.5. The van der Waals surface area contributed by atoms with Gasteiger partial charge in [0.2, 0.25) is 0 Å². The van der Waals surface area contributed by atoms with E-state index in [9.17, 15) is 4.79 Å². The van der Waals surface area contributed by atoms with E-state index in [0.29, 0.717) is 33.0 Å². The monoisotopic (exact) mass is 386 g/mol. The van der Waals surface area contributed by atoms with Gasteiger partial charge in [-0.3, -0.25) is 4.79 Å². The summed E-state index contributed by atoms with van der Waals surface area (Å²) < 4.78 is 22.1. The van der Waals surface area contributed by atoms with Crippen molar-refractivity contribution in [3.8, 4) is 0 Å². The number of fused-ring (bicyclic) bond motifs is 1. The van der Waals surface area contributed by atoms with Gasteiger partial charge in [-0.15, -0.1) is 0 Å². The van der Waals surface area contributed by atoms with E-state index in [4.69, 9.17) is 18.9 Å². The summed E-state index contributed by atoms with van der Waals surface area (Å²) in [5.41, 5.74) is 1.26. The molecule has 1 heterocycles. The number of benzene rings is 2. The van der Waals surface area contributed by atoms with Gasteiger partial charge in [0.1, 0.15) is 12.0 Å². The molecule has 0 saturated carbocycles. The number of hydrogen-bond donors (Lipinski definition) is 0. The third-order valence-electron chi connectivity index (χ3n) is 5.19. The Morgan fingerprint density at radius 2 is 1.82 bits per heavy atom. The average Bonchev–Trinajstić information content (AvgIpc) is 2.73. The van der Waals surface area contributed by atoms with E-state index in [1.54, 1.807) is 7.11 Å². The molecule has 28 heavy (non-hydrogen) atoms. The molecular weight excluding hydrogens is 356 g/mol. The lowest BCUT2D eigenvalue weighted by molar-refractivity contribution is -0.162. The van der Waals surface area contributed by atoms with Crippen molar-refractivity contribution in [1.82, 2.24) is 0 Å². The van der Waals surface area contributed by atoms with Crippen LogP contribution in [0.5, 0.6) is 0 Å². The lowest BCUT2D eigenvalue weighted by Gasteiger charge is -2.25. The Labute approximate surface area is 166 Å². The topological polar surface area (TPSA) is 54.0 Å². The molecule has 0 radical (unpaired) electrons. The molecule has 0 bridgehead atoms. The first-order chi connectivity index (χ1) is 13.7. The third-order valence-corrected chi connectivity index (χ3v) is 5.19. The highest BCUT2D eigenvalue weighted by Crippen LogP contribution is 2.26. The van der Waals surface area contributed by atoms with Gasteiger partial charge < -0.3 is 18.9 Å². The largest absolute Gasteiger partial charge is 0.462 e. The molecule has 0 aromatic heterocycles. The van der Waals surface area contributed by atoms with Crippen molar-refractivity contribution in [2.24, 2.45) is 5.92 Å². The molecule has 1 aliphatic rings. The van der Waals surface area contributed by atoms with Gasteiger partial charge in [0.15, 0.2) is 0 Å². The summed E-state index contributed by atoms with van der Waals surface area (Å²) in [5.74, 6) is -0.431. The van der Waals surface area contributed by atoms with Crippen LogP contribution < -0.4 is 0 Å². The summed E-state index contributed by atoms with van der Waals surface area (Å²) in [7, 11) is 1.59. The van der Waals surface area contributed by atoms with Crippen molar-refractivity contribution in [3.05, 3.63) is 48.0 Å². The fourth-order valence-corrected chi connectivity index (χ4v) is 3.60. The minimum absolute atomic E-state index is 0.0600. The highest BCUT2D eigenvalue weighted by atomic mass is 16.6. The summed E-state index contributed by atoms with van der Waals surface area (Å²) in [6, 6.07) is 14.7. The Hall–Kier alpha value is -1.95. The Kier molecular flexibility index (Phi) is 7.83. The van der Waals surface area contributed by atoms with Crippen molar-refractivity contribution in [2.45, 2.75) is 31.8 Å². The zero-order valence-electron chi connectivity index (χ0n) is 16.8. The zero-order chi connectivity index (χ0) is 19.8. The lowest BCUT2D eigenvalue weighted by atomic mass is 9.95. The zero-order valence-corrected chi connectivity index (χ0v) is 16.8. The molecular formula is C23H30O5. The molecule has 0 N–H and O–H groups in total. The van der Waals surface area contributed by atoms with Gasteiger partial charge in [-0.1, -0.05) is 49.4 Å². The second-order valence-electron chi connectivity index (χ2n) is 7.41. The van der Waals surface area contributed by atoms with Crippen LogP contribution in [-0.2, 0) is 23.7 Å². The van der Waals surface area contributed by atoms with Crippen LogP contribution in [0.3, 0.4) is 0 Å². The number of carbonyl (C=O) groups is 1. The minimum atomic E-state index is -0.410. The van der Waals surface area contributed by atoms with E-state index >= 15 is 0 Å². The van der Waals surface area contributed by atoms with Crippen LogP contribution in [0, 0.1) is 5.92 Å². The van der Waals surface area contributed by atoms with Gasteiger partial charge in [0.05, 0.1) is 33.0 Å². The lowest BCUT2D eigenvalue weighted by Crippen LogP contribution is -2.33. The van der Waals surface area contributed by atoms with Crippen LogP contribution in [0.15, 0.2) is 42.5 Å². The maximum atomic E-state index is 12.5. The molecule has 1 saturated heterocycles. The maximum Gasteiger partial charge on any atom is 0.313 e. The molecule has 1 aliphatic heterocycles. The standard InChI is InChI=1S/C23H30O5/c1-17(21-9-5-7-18-6-3-4-8-22(18)21)14-27-16-19(15-25-2)23(24)28-20-10-12-26-13-11-20/h3-9,17,19-20H,10-16H2,1-2H3. The number of ether oxygens (including phenoxy) is 4. The van der Waals surface area contributed by atoms with Gasteiger partial charge in [-0.05, 0) is 16.3 Å². The fourth-order valence-electron chi connectivity index (χ4n) is 3.60. The molecule has 2 atom stereocenters. The second kappa shape index (κ2) is 10.6. The van der Waals surface area contributed by atoms with Crippen LogP contribution >= 0.6 is 0 Å². The highest BCUT2D eigenvalue weighted by molar-refractivity contribution is 5.86.